The molecule has 31 heavy (non-hydrogen) atoms. The maximum atomic E-state index is 13.4. The third-order valence-corrected chi connectivity index (χ3v) is 5.26. The summed E-state index contributed by atoms with van der Waals surface area (Å²) in [5.74, 6) is 0.232. The SMILES string of the molecule is CC(C)CCN(C(=O)N[C@@H](Cc1ccccc1)C(=O)N(C)C)C(CO)c1ccccc1. The number of nitrogens with zero attached hydrogens (tertiary/aromatic N) is 2. The number of hydrogen-bond donors (Lipinski definition) is 2. The monoisotopic (exact) mass is 425 g/mol. The molecule has 2 atom stereocenters. The number of likely N-dealkylation sites (N-methyl/N-ethyl adjacent to an activating group) is 1. The fourth-order valence-corrected chi connectivity index (χ4v) is 3.45. The zero-order chi connectivity index (χ0) is 22.8. The molecule has 1 unspecified atom stereocenters. The summed E-state index contributed by atoms with van der Waals surface area (Å²) in [5, 5.41) is 13.1. The van der Waals surface area contributed by atoms with Crippen molar-refractivity contribution in [2.45, 2.75) is 38.8 Å². The first kappa shape index (κ1) is 24.4. The van der Waals surface area contributed by atoms with E-state index in [1.54, 1.807) is 19.0 Å². The minimum atomic E-state index is -0.693. The first-order valence-corrected chi connectivity index (χ1v) is 10.8. The van der Waals surface area contributed by atoms with Crippen molar-refractivity contribution in [3.63, 3.8) is 0 Å². The van der Waals surface area contributed by atoms with Gasteiger partial charge in [-0.2, -0.15) is 0 Å². The zero-order valence-corrected chi connectivity index (χ0v) is 19.0. The molecular formula is C25H35N3O3. The van der Waals surface area contributed by atoms with Gasteiger partial charge in [-0.15, -0.1) is 0 Å². The lowest BCUT2D eigenvalue weighted by Gasteiger charge is -2.33. The van der Waals surface area contributed by atoms with Crippen LogP contribution in [0.2, 0.25) is 0 Å². The molecule has 0 heterocycles. The number of rotatable bonds is 10. The van der Waals surface area contributed by atoms with Crippen LogP contribution in [0.25, 0.3) is 0 Å². The highest BCUT2D eigenvalue weighted by atomic mass is 16.3. The quantitative estimate of drug-likeness (QED) is 0.612. The number of carbonyl (C=O) groups excluding carboxylic acids is 2. The minimum Gasteiger partial charge on any atom is -0.394 e. The summed E-state index contributed by atoms with van der Waals surface area (Å²) >= 11 is 0. The Morgan fingerprint density at radius 1 is 0.968 bits per heavy atom. The molecule has 6 heteroatoms. The van der Waals surface area contributed by atoms with Gasteiger partial charge in [-0.1, -0.05) is 74.5 Å². The molecule has 0 aliphatic carbocycles. The summed E-state index contributed by atoms with van der Waals surface area (Å²) in [5.41, 5.74) is 1.83. The van der Waals surface area contributed by atoms with E-state index in [4.69, 9.17) is 0 Å². The molecule has 0 spiro atoms. The molecule has 0 aromatic heterocycles. The number of carbonyl (C=O) groups is 2. The van der Waals surface area contributed by atoms with E-state index in [2.05, 4.69) is 19.2 Å². The van der Waals surface area contributed by atoms with Crippen LogP contribution in [-0.2, 0) is 11.2 Å². The van der Waals surface area contributed by atoms with Crippen molar-refractivity contribution < 1.29 is 14.7 Å². The lowest BCUT2D eigenvalue weighted by molar-refractivity contribution is -0.130. The number of aliphatic hydroxyl groups excluding tert-OH is 1. The molecular weight excluding hydrogens is 390 g/mol. The third-order valence-electron chi connectivity index (χ3n) is 5.26. The molecule has 0 bridgehead atoms. The molecule has 0 radical (unpaired) electrons. The van der Waals surface area contributed by atoms with E-state index in [1.165, 1.54) is 4.90 Å². The maximum Gasteiger partial charge on any atom is 0.318 e. The summed E-state index contributed by atoms with van der Waals surface area (Å²) in [4.78, 5) is 29.4. The second kappa shape index (κ2) is 12.1. The minimum absolute atomic E-state index is 0.165. The highest BCUT2D eigenvalue weighted by Crippen LogP contribution is 2.22. The second-order valence-electron chi connectivity index (χ2n) is 8.41. The van der Waals surface area contributed by atoms with E-state index in [0.717, 1.165) is 17.5 Å². The number of hydrogen-bond acceptors (Lipinski definition) is 3. The number of amides is 3. The van der Waals surface area contributed by atoms with Crippen LogP contribution in [0.1, 0.15) is 37.4 Å². The Kier molecular flexibility index (Phi) is 9.53. The third kappa shape index (κ3) is 7.40. The molecule has 0 saturated carbocycles. The molecule has 6 nitrogen and oxygen atoms in total. The smallest absolute Gasteiger partial charge is 0.318 e. The van der Waals surface area contributed by atoms with Gasteiger partial charge in [0.25, 0.3) is 0 Å². The van der Waals surface area contributed by atoms with E-state index in [1.807, 2.05) is 60.7 Å². The normalized spacial score (nSPS) is 12.8. The zero-order valence-electron chi connectivity index (χ0n) is 19.0. The van der Waals surface area contributed by atoms with Crippen molar-refractivity contribution in [2.24, 2.45) is 5.92 Å². The summed E-state index contributed by atoms with van der Waals surface area (Å²) in [6.07, 6.45) is 1.19. The van der Waals surface area contributed by atoms with Crippen LogP contribution in [0.15, 0.2) is 60.7 Å². The number of benzene rings is 2. The highest BCUT2D eigenvalue weighted by Gasteiger charge is 2.29. The van der Waals surface area contributed by atoms with Gasteiger partial charge in [0, 0.05) is 27.1 Å². The molecule has 0 saturated heterocycles. The summed E-state index contributed by atoms with van der Waals surface area (Å²) in [6.45, 7) is 4.49. The number of urea groups is 1. The van der Waals surface area contributed by atoms with E-state index in [0.29, 0.717) is 18.9 Å². The van der Waals surface area contributed by atoms with Crippen molar-refractivity contribution in [3.05, 3.63) is 71.8 Å². The predicted octanol–water partition coefficient (Wildman–Crippen LogP) is 3.48. The van der Waals surface area contributed by atoms with Crippen LogP contribution < -0.4 is 5.32 Å². The largest absolute Gasteiger partial charge is 0.394 e. The van der Waals surface area contributed by atoms with Crippen molar-refractivity contribution >= 4 is 11.9 Å². The fraction of sp³-hybridized carbons (Fsp3) is 0.440. The van der Waals surface area contributed by atoms with E-state index < -0.39 is 12.1 Å². The first-order valence-electron chi connectivity index (χ1n) is 10.8. The lowest BCUT2D eigenvalue weighted by atomic mass is 10.0. The predicted molar refractivity (Wildman–Crippen MR) is 124 cm³/mol. The maximum absolute atomic E-state index is 13.4. The average molecular weight is 426 g/mol. The van der Waals surface area contributed by atoms with E-state index >= 15 is 0 Å². The van der Waals surface area contributed by atoms with Crippen molar-refractivity contribution in [1.82, 2.24) is 15.1 Å². The van der Waals surface area contributed by atoms with Gasteiger partial charge < -0.3 is 20.2 Å². The van der Waals surface area contributed by atoms with Gasteiger partial charge in [-0.3, -0.25) is 4.79 Å². The Bertz CT molecular complexity index is 809. The van der Waals surface area contributed by atoms with Crippen LogP contribution in [0.3, 0.4) is 0 Å². The van der Waals surface area contributed by atoms with Crippen LogP contribution in [-0.4, -0.2) is 60.1 Å². The molecule has 0 aliphatic heterocycles. The summed E-state index contributed by atoms with van der Waals surface area (Å²) < 4.78 is 0. The molecule has 3 amide bonds. The van der Waals surface area contributed by atoms with Gasteiger partial charge in [-0.05, 0) is 23.5 Å². The van der Waals surface area contributed by atoms with Gasteiger partial charge in [0.05, 0.1) is 12.6 Å². The second-order valence-corrected chi connectivity index (χ2v) is 8.41. The van der Waals surface area contributed by atoms with Gasteiger partial charge in [-0.25, -0.2) is 4.79 Å². The van der Waals surface area contributed by atoms with Crippen LogP contribution >= 0.6 is 0 Å². The average Bonchev–Trinajstić information content (AvgIpc) is 2.76. The molecule has 2 aromatic carbocycles. The van der Waals surface area contributed by atoms with E-state index in [9.17, 15) is 14.7 Å². The summed E-state index contributed by atoms with van der Waals surface area (Å²) in [7, 11) is 3.37. The van der Waals surface area contributed by atoms with E-state index in [-0.39, 0.29) is 18.5 Å². The highest BCUT2D eigenvalue weighted by molar-refractivity contribution is 5.87. The molecule has 0 aliphatic rings. The Hall–Kier alpha value is -2.86. The lowest BCUT2D eigenvalue weighted by Crippen LogP contribution is -2.53. The first-order chi connectivity index (χ1) is 14.8. The molecule has 2 aromatic rings. The van der Waals surface area contributed by atoms with Gasteiger partial charge in [0.1, 0.15) is 6.04 Å². The Morgan fingerprint density at radius 2 is 1.55 bits per heavy atom. The number of aliphatic hydroxyl groups is 1. The van der Waals surface area contributed by atoms with Gasteiger partial charge in [0.2, 0.25) is 5.91 Å². The standard InChI is InChI=1S/C25H35N3O3/c1-19(2)15-16-28(23(18-29)21-13-9-6-10-14-21)25(31)26-22(24(30)27(3)4)17-20-11-7-5-8-12-20/h5-14,19,22-23,29H,15-18H2,1-4H3,(H,26,31)/t22-,23?/m0/s1. The van der Waals surface area contributed by atoms with Crippen LogP contribution in [0.5, 0.6) is 0 Å². The van der Waals surface area contributed by atoms with Crippen molar-refractivity contribution in [2.75, 3.05) is 27.2 Å². The van der Waals surface area contributed by atoms with Crippen molar-refractivity contribution in [1.29, 1.82) is 0 Å². The van der Waals surface area contributed by atoms with Gasteiger partial charge in [0.15, 0.2) is 0 Å². The van der Waals surface area contributed by atoms with Crippen molar-refractivity contribution in [3.8, 4) is 0 Å². The number of nitrogens with one attached hydrogen (secondary N) is 1. The summed E-state index contributed by atoms with van der Waals surface area (Å²) in [6, 6.07) is 17.6. The van der Waals surface area contributed by atoms with Crippen LogP contribution in [0, 0.1) is 5.92 Å². The Morgan fingerprint density at radius 3 is 2.06 bits per heavy atom. The fourth-order valence-electron chi connectivity index (χ4n) is 3.45. The van der Waals surface area contributed by atoms with Gasteiger partial charge >= 0.3 is 6.03 Å². The van der Waals surface area contributed by atoms with Crippen LogP contribution in [0.4, 0.5) is 4.79 Å². The molecule has 0 fully saturated rings. The topological polar surface area (TPSA) is 72.9 Å². The molecule has 2 rings (SSSR count). The Balaban J connectivity index is 2.28. The molecule has 2 N–H and O–H groups in total. The Labute approximate surface area is 185 Å². The molecule has 168 valence electrons.